The lowest BCUT2D eigenvalue weighted by atomic mass is 10.1. The summed E-state index contributed by atoms with van der Waals surface area (Å²) in [4.78, 5) is 16.6. The Balaban J connectivity index is 1.53. The fourth-order valence-corrected chi connectivity index (χ4v) is 2.62. The van der Waals surface area contributed by atoms with Gasteiger partial charge in [0.1, 0.15) is 11.9 Å². The third-order valence-corrected chi connectivity index (χ3v) is 3.90. The molecule has 0 atom stereocenters. The van der Waals surface area contributed by atoms with Crippen molar-refractivity contribution in [2.45, 2.75) is 6.92 Å². The average molecular weight is 360 g/mol. The number of pyridine rings is 1. The van der Waals surface area contributed by atoms with Crippen molar-refractivity contribution in [3.8, 4) is 17.1 Å². The van der Waals surface area contributed by atoms with Crippen LogP contribution in [0, 0.1) is 0 Å². The zero-order valence-electron chi connectivity index (χ0n) is 14.5. The SMILES string of the molecule is CCOc1ncccc1C(=O)Nc1ccc(-c2ccc3nncn3n2)cc1. The molecule has 4 rings (SSSR count). The van der Waals surface area contributed by atoms with E-state index < -0.39 is 0 Å². The predicted molar refractivity (Wildman–Crippen MR) is 99.6 cm³/mol. The van der Waals surface area contributed by atoms with Crippen molar-refractivity contribution >= 4 is 17.2 Å². The molecule has 0 fully saturated rings. The molecule has 1 amide bonds. The average Bonchev–Trinajstić information content (AvgIpc) is 3.17. The highest BCUT2D eigenvalue weighted by Gasteiger charge is 2.13. The van der Waals surface area contributed by atoms with Crippen LogP contribution in [0.15, 0.2) is 61.1 Å². The van der Waals surface area contributed by atoms with Gasteiger partial charge in [0, 0.05) is 17.4 Å². The Morgan fingerprint density at radius 2 is 2.00 bits per heavy atom. The van der Waals surface area contributed by atoms with Crippen molar-refractivity contribution in [1.82, 2.24) is 24.8 Å². The van der Waals surface area contributed by atoms with Crippen LogP contribution in [0.5, 0.6) is 5.88 Å². The van der Waals surface area contributed by atoms with E-state index in [4.69, 9.17) is 4.74 Å². The van der Waals surface area contributed by atoms with Gasteiger partial charge in [-0.15, -0.1) is 10.2 Å². The van der Waals surface area contributed by atoms with Gasteiger partial charge in [0.2, 0.25) is 5.88 Å². The molecule has 0 aliphatic rings. The maximum Gasteiger partial charge on any atom is 0.261 e. The lowest BCUT2D eigenvalue weighted by Crippen LogP contribution is -2.14. The fraction of sp³-hybridized carbons (Fsp3) is 0.105. The second kappa shape index (κ2) is 7.20. The number of ether oxygens (including phenoxy) is 1. The van der Waals surface area contributed by atoms with E-state index in [1.807, 2.05) is 43.3 Å². The van der Waals surface area contributed by atoms with Crippen LogP contribution >= 0.6 is 0 Å². The van der Waals surface area contributed by atoms with Crippen LogP contribution in [-0.2, 0) is 0 Å². The molecule has 8 heteroatoms. The minimum atomic E-state index is -0.275. The number of benzene rings is 1. The van der Waals surface area contributed by atoms with E-state index in [0.29, 0.717) is 29.4 Å². The van der Waals surface area contributed by atoms with E-state index in [1.165, 1.54) is 0 Å². The van der Waals surface area contributed by atoms with Crippen molar-refractivity contribution in [3.63, 3.8) is 0 Å². The van der Waals surface area contributed by atoms with Gasteiger partial charge >= 0.3 is 0 Å². The van der Waals surface area contributed by atoms with Crippen LogP contribution < -0.4 is 10.1 Å². The minimum Gasteiger partial charge on any atom is -0.477 e. The van der Waals surface area contributed by atoms with Crippen LogP contribution in [0.4, 0.5) is 5.69 Å². The molecule has 0 bridgehead atoms. The molecule has 0 unspecified atom stereocenters. The summed E-state index contributed by atoms with van der Waals surface area (Å²) in [5.74, 6) is 0.0453. The van der Waals surface area contributed by atoms with E-state index in [2.05, 4.69) is 25.6 Å². The van der Waals surface area contributed by atoms with Gasteiger partial charge in [0.05, 0.1) is 12.3 Å². The second-order valence-corrected chi connectivity index (χ2v) is 5.67. The molecule has 3 heterocycles. The van der Waals surface area contributed by atoms with E-state index in [1.54, 1.807) is 29.2 Å². The highest BCUT2D eigenvalue weighted by molar-refractivity contribution is 6.05. The quantitative estimate of drug-likeness (QED) is 0.588. The number of carbonyl (C=O) groups is 1. The highest BCUT2D eigenvalue weighted by Crippen LogP contribution is 2.21. The zero-order chi connectivity index (χ0) is 18.6. The Bertz CT molecular complexity index is 1090. The Kier molecular flexibility index (Phi) is 4.44. The zero-order valence-corrected chi connectivity index (χ0v) is 14.5. The molecule has 0 saturated carbocycles. The molecule has 0 aliphatic heterocycles. The van der Waals surface area contributed by atoms with Gasteiger partial charge in [0.25, 0.3) is 5.91 Å². The molecular weight excluding hydrogens is 344 g/mol. The summed E-state index contributed by atoms with van der Waals surface area (Å²) < 4.78 is 7.02. The Labute approximate surface area is 154 Å². The molecule has 4 aromatic rings. The monoisotopic (exact) mass is 360 g/mol. The topological polar surface area (TPSA) is 94.3 Å². The van der Waals surface area contributed by atoms with Crippen LogP contribution in [0.3, 0.4) is 0 Å². The summed E-state index contributed by atoms with van der Waals surface area (Å²) >= 11 is 0. The summed E-state index contributed by atoms with van der Waals surface area (Å²) in [7, 11) is 0. The van der Waals surface area contributed by atoms with Gasteiger partial charge in [-0.05, 0) is 43.3 Å². The Hall–Kier alpha value is -3.81. The van der Waals surface area contributed by atoms with E-state index in [9.17, 15) is 4.79 Å². The van der Waals surface area contributed by atoms with Gasteiger partial charge in [-0.1, -0.05) is 12.1 Å². The van der Waals surface area contributed by atoms with E-state index >= 15 is 0 Å². The third kappa shape index (κ3) is 3.45. The molecule has 0 saturated heterocycles. The Morgan fingerprint density at radius 1 is 1.15 bits per heavy atom. The number of fused-ring (bicyclic) bond motifs is 1. The summed E-state index contributed by atoms with van der Waals surface area (Å²) in [6.07, 6.45) is 3.15. The molecule has 134 valence electrons. The second-order valence-electron chi connectivity index (χ2n) is 5.67. The fourth-order valence-electron chi connectivity index (χ4n) is 2.62. The molecule has 0 radical (unpaired) electrons. The lowest BCUT2D eigenvalue weighted by Gasteiger charge is -2.10. The van der Waals surface area contributed by atoms with Gasteiger partial charge in [-0.2, -0.15) is 9.61 Å². The highest BCUT2D eigenvalue weighted by atomic mass is 16.5. The molecule has 3 aromatic heterocycles. The minimum absolute atomic E-state index is 0.275. The number of amides is 1. The van der Waals surface area contributed by atoms with Gasteiger partial charge in [0.15, 0.2) is 5.65 Å². The summed E-state index contributed by atoms with van der Waals surface area (Å²) in [6, 6.07) is 14.5. The first kappa shape index (κ1) is 16.6. The van der Waals surface area contributed by atoms with Crippen molar-refractivity contribution in [1.29, 1.82) is 0 Å². The number of nitrogens with zero attached hydrogens (tertiary/aromatic N) is 5. The number of nitrogens with one attached hydrogen (secondary N) is 1. The van der Waals surface area contributed by atoms with Crippen LogP contribution in [0.2, 0.25) is 0 Å². The standard InChI is InChI=1S/C19H16N6O2/c1-2-27-19-15(4-3-11-20-19)18(26)22-14-7-5-13(6-8-14)16-9-10-17-23-21-12-25(17)24-16/h3-12H,2H2,1H3,(H,22,26). The van der Waals surface area contributed by atoms with Crippen LogP contribution in [-0.4, -0.2) is 37.3 Å². The molecule has 0 spiro atoms. The molecule has 1 N–H and O–H groups in total. The van der Waals surface area contributed by atoms with Gasteiger partial charge in [-0.3, -0.25) is 4.79 Å². The Morgan fingerprint density at radius 3 is 2.81 bits per heavy atom. The van der Waals surface area contributed by atoms with Crippen molar-refractivity contribution < 1.29 is 9.53 Å². The smallest absolute Gasteiger partial charge is 0.261 e. The van der Waals surface area contributed by atoms with E-state index in [0.717, 1.165) is 11.3 Å². The van der Waals surface area contributed by atoms with E-state index in [-0.39, 0.29) is 5.91 Å². The number of hydrogen-bond acceptors (Lipinski definition) is 6. The first-order chi connectivity index (χ1) is 13.2. The molecule has 0 aliphatic carbocycles. The van der Waals surface area contributed by atoms with Crippen LogP contribution in [0.25, 0.3) is 16.9 Å². The number of anilines is 1. The molecule has 27 heavy (non-hydrogen) atoms. The van der Waals surface area contributed by atoms with Crippen LogP contribution in [0.1, 0.15) is 17.3 Å². The number of rotatable bonds is 5. The van der Waals surface area contributed by atoms with Gasteiger partial charge < -0.3 is 10.1 Å². The van der Waals surface area contributed by atoms with Crippen molar-refractivity contribution in [3.05, 3.63) is 66.6 Å². The third-order valence-electron chi connectivity index (χ3n) is 3.90. The number of carbonyl (C=O) groups excluding carboxylic acids is 1. The normalized spacial score (nSPS) is 10.7. The summed E-state index contributed by atoms with van der Waals surface area (Å²) in [5.41, 5.74) is 3.44. The summed E-state index contributed by atoms with van der Waals surface area (Å²) in [6.45, 7) is 2.29. The number of hydrogen-bond donors (Lipinski definition) is 1. The number of aromatic nitrogens is 5. The molecule has 1 aromatic carbocycles. The summed E-state index contributed by atoms with van der Waals surface area (Å²) in [5, 5.41) is 15.1. The first-order valence-electron chi connectivity index (χ1n) is 8.41. The van der Waals surface area contributed by atoms with Gasteiger partial charge in [-0.25, -0.2) is 4.98 Å². The van der Waals surface area contributed by atoms with Crippen molar-refractivity contribution in [2.75, 3.05) is 11.9 Å². The predicted octanol–water partition coefficient (Wildman–Crippen LogP) is 2.84. The molecular formula is C19H16N6O2. The molecule has 8 nitrogen and oxygen atoms in total. The maximum absolute atomic E-state index is 12.5. The lowest BCUT2D eigenvalue weighted by molar-refractivity contribution is 0.102. The first-order valence-corrected chi connectivity index (χ1v) is 8.41. The van der Waals surface area contributed by atoms with Crippen molar-refractivity contribution in [2.24, 2.45) is 0 Å². The largest absolute Gasteiger partial charge is 0.477 e. The maximum atomic E-state index is 12.5.